The van der Waals surface area contributed by atoms with E-state index in [4.69, 9.17) is 9.84 Å². The fourth-order valence-corrected chi connectivity index (χ4v) is 1.86. The van der Waals surface area contributed by atoms with Gasteiger partial charge in [-0.3, -0.25) is 9.59 Å². The van der Waals surface area contributed by atoms with Gasteiger partial charge in [-0.15, -0.1) is 0 Å². The maximum Gasteiger partial charge on any atom is 0.306 e. The minimum atomic E-state index is -0.792. The Morgan fingerprint density at radius 1 is 1.27 bits per heavy atom. The van der Waals surface area contributed by atoms with Crippen LogP contribution in [0.5, 0.6) is 5.75 Å². The lowest BCUT2D eigenvalue weighted by Crippen LogP contribution is -2.24. The van der Waals surface area contributed by atoms with Gasteiger partial charge in [0.2, 0.25) is 0 Å². The van der Waals surface area contributed by atoms with Gasteiger partial charge in [-0.05, 0) is 37.1 Å². The molecule has 0 aliphatic heterocycles. The Kier molecular flexibility index (Phi) is 7.96. The van der Waals surface area contributed by atoms with Gasteiger partial charge in [0.1, 0.15) is 19.0 Å². The Balaban J connectivity index is 2.26. The number of nitrogens with one attached hydrogen (secondary N) is 1. The molecule has 122 valence electrons. The Hall–Kier alpha value is -2.11. The van der Waals surface area contributed by atoms with Gasteiger partial charge in [-0.25, -0.2) is 4.39 Å². The van der Waals surface area contributed by atoms with Crippen molar-refractivity contribution < 1.29 is 23.8 Å². The van der Waals surface area contributed by atoms with E-state index < -0.39 is 12.6 Å². The van der Waals surface area contributed by atoms with Crippen molar-refractivity contribution in [3.8, 4) is 5.75 Å². The van der Waals surface area contributed by atoms with E-state index in [1.165, 1.54) is 0 Å². The van der Waals surface area contributed by atoms with Crippen molar-refractivity contribution in [2.45, 2.75) is 26.2 Å². The van der Waals surface area contributed by atoms with E-state index in [9.17, 15) is 14.0 Å². The molecular formula is C16H22FNO4. The summed E-state index contributed by atoms with van der Waals surface area (Å²) in [7, 11) is 0. The fraction of sp³-hybridized carbons (Fsp3) is 0.500. The van der Waals surface area contributed by atoms with Gasteiger partial charge in [0, 0.05) is 12.1 Å². The number of aliphatic carboxylic acids is 1. The molecule has 0 aromatic heterocycles. The van der Waals surface area contributed by atoms with Crippen molar-refractivity contribution in [3.05, 3.63) is 29.8 Å². The second-order valence-corrected chi connectivity index (χ2v) is 5.05. The third-order valence-corrected chi connectivity index (χ3v) is 3.23. The molecule has 1 amide bonds. The zero-order chi connectivity index (χ0) is 16.4. The van der Waals surface area contributed by atoms with Crippen molar-refractivity contribution in [3.63, 3.8) is 0 Å². The smallest absolute Gasteiger partial charge is 0.306 e. The first-order valence-corrected chi connectivity index (χ1v) is 7.34. The highest BCUT2D eigenvalue weighted by atomic mass is 19.1. The van der Waals surface area contributed by atoms with Crippen LogP contribution in [0.4, 0.5) is 4.39 Å². The summed E-state index contributed by atoms with van der Waals surface area (Å²) in [5.41, 5.74) is 0.506. The molecule has 6 heteroatoms. The molecule has 0 radical (unpaired) electrons. The SMILES string of the molecule is C[C@@H](CCCCNC(=O)c1ccc(OCCF)cc1)C(=O)O. The van der Waals surface area contributed by atoms with Crippen LogP contribution in [0.2, 0.25) is 0 Å². The van der Waals surface area contributed by atoms with E-state index >= 15 is 0 Å². The lowest BCUT2D eigenvalue weighted by molar-refractivity contribution is -0.141. The quantitative estimate of drug-likeness (QED) is 0.651. The summed E-state index contributed by atoms with van der Waals surface area (Å²) in [4.78, 5) is 22.5. The second kappa shape index (κ2) is 9.76. The average molecular weight is 311 g/mol. The number of alkyl halides is 1. The van der Waals surface area contributed by atoms with Gasteiger partial charge >= 0.3 is 5.97 Å². The average Bonchev–Trinajstić information content (AvgIpc) is 2.52. The lowest BCUT2D eigenvalue weighted by atomic mass is 10.0. The van der Waals surface area contributed by atoms with Crippen LogP contribution in [0.25, 0.3) is 0 Å². The molecule has 0 saturated carbocycles. The number of benzene rings is 1. The van der Waals surface area contributed by atoms with Crippen LogP contribution in [-0.4, -0.2) is 36.8 Å². The summed E-state index contributed by atoms with van der Waals surface area (Å²) < 4.78 is 17.1. The lowest BCUT2D eigenvalue weighted by Gasteiger charge is -2.08. The van der Waals surface area contributed by atoms with Gasteiger partial charge < -0.3 is 15.2 Å². The highest BCUT2D eigenvalue weighted by molar-refractivity contribution is 5.94. The van der Waals surface area contributed by atoms with E-state index in [0.29, 0.717) is 24.3 Å². The number of amides is 1. The van der Waals surface area contributed by atoms with Crippen LogP contribution in [0.1, 0.15) is 36.5 Å². The molecule has 0 spiro atoms. The van der Waals surface area contributed by atoms with Crippen LogP contribution in [0.3, 0.4) is 0 Å². The highest BCUT2D eigenvalue weighted by Crippen LogP contribution is 2.12. The van der Waals surface area contributed by atoms with Gasteiger partial charge in [-0.2, -0.15) is 0 Å². The molecular weight excluding hydrogens is 289 g/mol. The number of carboxylic acids is 1. The minimum Gasteiger partial charge on any atom is -0.491 e. The fourth-order valence-electron chi connectivity index (χ4n) is 1.86. The molecule has 1 atom stereocenters. The van der Waals surface area contributed by atoms with Crippen molar-refractivity contribution in [1.82, 2.24) is 5.32 Å². The number of unbranched alkanes of at least 4 members (excludes halogenated alkanes) is 1. The van der Waals surface area contributed by atoms with Crippen LogP contribution >= 0.6 is 0 Å². The van der Waals surface area contributed by atoms with Gasteiger partial charge in [-0.1, -0.05) is 13.3 Å². The van der Waals surface area contributed by atoms with E-state index in [-0.39, 0.29) is 18.4 Å². The molecule has 0 saturated heterocycles. The van der Waals surface area contributed by atoms with Gasteiger partial charge in [0.05, 0.1) is 5.92 Å². The zero-order valence-electron chi connectivity index (χ0n) is 12.7. The molecule has 1 aromatic carbocycles. The molecule has 0 aliphatic carbocycles. The molecule has 5 nitrogen and oxygen atoms in total. The van der Waals surface area contributed by atoms with E-state index in [1.807, 2.05) is 0 Å². The number of rotatable bonds is 10. The molecule has 1 rings (SSSR count). The van der Waals surface area contributed by atoms with Crippen LogP contribution < -0.4 is 10.1 Å². The minimum absolute atomic E-state index is 0.000306. The normalized spacial score (nSPS) is 11.7. The standard InChI is InChI=1S/C16H22FNO4/c1-12(16(20)21)4-2-3-10-18-15(19)13-5-7-14(8-6-13)22-11-9-17/h5-8,12H,2-4,9-11H2,1H3,(H,18,19)(H,20,21)/t12-/m0/s1. The van der Waals surface area contributed by atoms with Crippen LogP contribution in [0, 0.1) is 5.92 Å². The third-order valence-electron chi connectivity index (χ3n) is 3.23. The summed E-state index contributed by atoms with van der Waals surface area (Å²) in [6.45, 7) is 1.63. The summed E-state index contributed by atoms with van der Waals surface area (Å²) in [5.74, 6) is -0.813. The first-order chi connectivity index (χ1) is 10.5. The number of hydrogen-bond acceptors (Lipinski definition) is 3. The number of hydrogen-bond donors (Lipinski definition) is 2. The molecule has 2 N–H and O–H groups in total. The summed E-state index contributed by atoms with van der Waals surface area (Å²) in [6, 6.07) is 6.49. The Morgan fingerprint density at radius 3 is 2.55 bits per heavy atom. The number of carbonyl (C=O) groups is 2. The second-order valence-electron chi connectivity index (χ2n) is 5.05. The van der Waals surface area contributed by atoms with Crippen LogP contribution in [0.15, 0.2) is 24.3 Å². The molecule has 0 heterocycles. The third kappa shape index (κ3) is 6.56. The predicted octanol–water partition coefficient (Wildman–Crippen LogP) is 2.66. The maximum absolute atomic E-state index is 12.0. The summed E-state index contributed by atoms with van der Waals surface area (Å²) in [5, 5.41) is 11.5. The van der Waals surface area contributed by atoms with Crippen molar-refractivity contribution in [2.24, 2.45) is 5.92 Å². The first kappa shape index (κ1) is 17.9. The first-order valence-electron chi connectivity index (χ1n) is 7.34. The summed E-state index contributed by atoms with van der Waals surface area (Å²) >= 11 is 0. The van der Waals surface area contributed by atoms with Crippen molar-refractivity contribution in [2.75, 3.05) is 19.8 Å². The Bertz CT molecular complexity index is 476. The number of carboxylic acid groups (broad SMARTS) is 1. The number of carbonyl (C=O) groups excluding carboxylic acids is 1. The highest BCUT2D eigenvalue weighted by Gasteiger charge is 2.10. The molecule has 0 bridgehead atoms. The Labute approximate surface area is 129 Å². The van der Waals surface area contributed by atoms with Gasteiger partial charge in [0.25, 0.3) is 5.91 Å². The molecule has 0 fully saturated rings. The molecule has 22 heavy (non-hydrogen) atoms. The van der Waals surface area contributed by atoms with E-state index in [2.05, 4.69) is 5.32 Å². The van der Waals surface area contributed by atoms with Crippen molar-refractivity contribution in [1.29, 1.82) is 0 Å². The topological polar surface area (TPSA) is 75.6 Å². The van der Waals surface area contributed by atoms with Gasteiger partial charge in [0.15, 0.2) is 0 Å². The molecule has 0 unspecified atom stereocenters. The number of halogens is 1. The maximum atomic E-state index is 12.0. The number of ether oxygens (including phenoxy) is 1. The molecule has 1 aromatic rings. The zero-order valence-corrected chi connectivity index (χ0v) is 12.7. The summed E-state index contributed by atoms with van der Waals surface area (Å²) in [6.07, 6.45) is 2.09. The Morgan fingerprint density at radius 2 is 1.95 bits per heavy atom. The monoisotopic (exact) mass is 311 g/mol. The largest absolute Gasteiger partial charge is 0.491 e. The molecule has 0 aliphatic rings. The predicted molar refractivity (Wildman–Crippen MR) is 80.9 cm³/mol. The van der Waals surface area contributed by atoms with Crippen molar-refractivity contribution >= 4 is 11.9 Å². The van der Waals surface area contributed by atoms with E-state index in [1.54, 1.807) is 31.2 Å². The van der Waals surface area contributed by atoms with Crippen LogP contribution in [-0.2, 0) is 4.79 Å². The van der Waals surface area contributed by atoms with E-state index in [0.717, 1.165) is 12.8 Å².